The molecule has 0 radical (unpaired) electrons. The third-order valence-electron chi connectivity index (χ3n) is 6.25. The predicted molar refractivity (Wildman–Crippen MR) is 127 cm³/mol. The largest absolute Gasteiger partial charge is 0.390 e. The summed E-state index contributed by atoms with van der Waals surface area (Å²) in [5.74, 6) is -1.56. The molecule has 2 heterocycles. The maximum atomic E-state index is 13.8. The van der Waals surface area contributed by atoms with Crippen molar-refractivity contribution in [1.29, 1.82) is 0 Å². The van der Waals surface area contributed by atoms with E-state index in [4.69, 9.17) is 11.6 Å². The van der Waals surface area contributed by atoms with Gasteiger partial charge in [0.2, 0.25) is 0 Å². The summed E-state index contributed by atoms with van der Waals surface area (Å²) in [6.45, 7) is 4.42. The number of hydrogen-bond acceptors (Lipinski definition) is 6. The number of anilines is 1. The van der Waals surface area contributed by atoms with Crippen molar-refractivity contribution in [1.82, 2.24) is 19.8 Å². The lowest BCUT2D eigenvalue weighted by molar-refractivity contribution is 0.0761. The summed E-state index contributed by atoms with van der Waals surface area (Å²) in [5.41, 5.74) is 0.852. The van der Waals surface area contributed by atoms with Gasteiger partial charge < -0.3 is 14.9 Å². The van der Waals surface area contributed by atoms with Crippen LogP contribution in [-0.2, 0) is 0 Å². The molecule has 1 amide bonds. The van der Waals surface area contributed by atoms with Crippen LogP contribution in [0.15, 0.2) is 42.7 Å². The molecular formula is C24H26ClF2N5O2. The van der Waals surface area contributed by atoms with Crippen molar-refractivity contribution in [3.05, 3.63) is 64.9 Å². The Morgan fingerprint density at radius 1 is 1.15 bits per heavy atom. The Hall–Kier alpha value is -2.88. The fourth-order valence-corrected chi connectivity index (χ4v) is 4.48. The summed E-state index contributed by atoms with van der Waals surface area (Å²) in [7, 11) is 1.82. The molecule has 0 saturated carbocycles. The van der Waals surface area contributed by atoms with Crippen LogP contribution in [0.4, 0.5) is 14.6 Å². The molecule has 180 valence electrons. The number of hydrogen-bond donors (Lipinski definition) is 1. The molecule has 1 fully saturated rings. The molecule has 4 rings (SSSR count). The molecule has 10 heteroatoms. The molecule has 1 saturated heterocycles. The maximum Gasteiger partial charge on any atom is 0.253 e. The first kappa shape index (κ1) is 24.3. The molecule has 2 atom stereocenters. The van der Waals surface area contributed by atoms with Gasteiger partial charge in [-0.25, -0.2) is 18.7 Å². The van der Waals surface area contributed by atoms with E-state index < -0.39 is 17.7 Å². The van der Waals surface area contributed by atoms with Gasteiger partial charge in [0.25, 0.3) is 5.91 Å². The Kier molecular flexibility index (Phi) is 7.25. The van der Waals surface area contributed by atoms with Crippen molar-refractivity contribution in [3.63, 3.8) is 0 Å². The number of rotatable bonds is 7. The molecule has 34 heavy (non-hydrogen) atoms. The van der Waals surface area contributed by atoms with Gasteiger partial charge in [-0.15, -0.1) is 0 Å². The van der Waals surface area contributed by atoms with E-state index in [0.29, 0.717) is 53.5 Å². The van der Waals surface area contributed by atoms with E-state index in [1.165, 1.54) is 6.33 Å². The highest BCUT2D eigenvalue weighted by Gasteiger charge is 2.37. The number of benzene rings is 2. The Morgan fingerprint density at radius 3 is 2.56 bits per heavy atom. The lowest BCUT2D eigenvalue weighted by Gasteiger charge is -2.31. The fraction of sp³-hybridized carbons (Fsp3) is 0.375. The van der Waals surface area contributed by atoms with Crippen molar-refractivity contribution in [2.75, 3.05) is 44.7 Å². The Bertz CT molecular complexity index is 1180. The summed E-state index contributed by atoms with van der Waals surface area (Å²) in [4.78, 5) is 26.8. The monoisotopic (exact) mass is 489 g/mol. The second-order valence-electron chi connectivity index (χ2n) is 8.38. The number of aliphatic hydroxyl groups is 1. The zero-order valence-corrected chi connectivity index (χ0v) is 19.7. The molecule has 1 aromatic heterocycles. The van der Waals surface area contributed by atoms with Crippen LogP contribution in [-0.4, -0.2) is 82.7 Å². The van der Waals surface area contributed by atoms with E-state index in [1.807, 2.05) is 18.9 Å². The number of β-amino-alcohol motifs (C(OH)–C–C–N with tert-alkyl or cyclic N) is 1. The average molecular weight is 490 g/mol. The van der Waals surface area contributed by atoms with Crippen molar-refractivity contribution in [2.24, 2.45) is 0 Å². The topological polar surface area (TPSA) is 72.8 Å². The molecule has 0 spiro atoms. The first-order chi connectivity index (χ1) is 16.3. The maximum absolute atomic E-state index is 13.8. The molecule has 0 aliphatic carbocycles. The minimum absolute atomic E-state index is 0.145. The highest BCUT2D eigenvalue weighted by molar-refractivity contribution is 6.30. The first-order valence-electron chi connectivity index (χ1n) is 11.1. The number of likely N-dealkylation sites (N-methyl/N-ethyl adjacent to an activating group) is 2. The van der Waals surface area contributed by atoms with E-state index in [9.17, 15) is 18.7 Å². The molecule has 1 aliphatic rings. The Morgan fingerprint density at radius 2 is 1.85 bits per heavy atom. The van der Waals surface area contributed by atoms with E-state index in [-0.39, 0.29) is 18.5 Å². The van der Waals surface area contributed by atoms with Crippen LogP contribution in [0.25, 0.3) is 10.9 Å². The molecular weight excluding hydrogens is 464 g/mol. The highest BCUT2D eigenvalue weighted by Crippen LogP contribution is 2.25. The summed E-state index contributed by atoms with van der Waals surface area (Å²) in [6, 6.07) is 8.64. The normalized spacial score (nSPS) is 18.1. The van der Waals surface area contributed by atoms with Gasteiger partial charge in [-0.05, 0) is 36.9 Å². The second-order valence-corrected chi connectivity index (χ2v) is 8.82. The number of halogens is 3. The van der Waals surface area contributed by atoms with E-state index in [0.717, 1.165) is 12.1 Å². The van der Waals surface area contributed by atoms with Crippen LogP contribution < -0.4 is 4.90 Å². The number of carbonyl (C=O) groups excluding carboxylic acids is 1. The van der Waals surface area contributed by atoms with Gasteiger partial charge in [0.05, 0.1) is 17.7 Å². The van der Waals surface area contributed by atoms with Crippen molar-refractivity contribution in [3.8, 4) is 0 Å². The zero-order chi connectivity index (χ0) is 24.4. The Balaban J connectivity index is 1.43. The minimum Gasteiger partial charge on any atom is -0.390 e. The predicted octanol–water partition coefficient (Wildman–Crippen LogP) is 3.21. The van der Waals surface area contributed by atoms with Gasteiger partial charge in [-0.1, -0.05) is 18.5 Å². The number of nitrogens with zero attached hydrogens (tertiary/aromatic N) is 5. The van der Waals surface area contributed by atoms with E-state index >= 15 is 0 Å². The van der Waals surface area contributed by atoms with Crippen molar-refractivity contribution in [2.45, 2.75) is 19.1 Å². The van der Waals surface area contributed by atoms with Gasteiger partial charge in [0.15, 0.2) is 11.6 Å². The van der Waals surface area contributed by atoms with Gasteiger partial charge in [0.1, 0.15) is 12.1 Å². The van der Waals surface area contributed by atoms with Gasteiger partial charge >= 0.3 is 0 Å². The van der Waals surface area contributed by atoms with Gasteiger partial charge in [-0.2, -0.15) is 0 Å². The third-order valence-corrected chi connectivity index (χ3v) is 6.51. The SMILES string of the molecule is CCN(CCN(C)c1ncnc2cc(F)c(F)cc12)[C@@H]1CN(C(=O)c2ccc(Cl)cc2)C[C@H]1O. The quantitative estimate of drug-likeness (QED) is 0.549. The fourth-order valence-electron chi connectivity index (χ4n) is 4.35. The number of likely N-dealkylation sites (tertiary alicyclic amines) is 1. The summed E-state index contributed by atoms with van der Waals surface area (Å²) >= 11 is 5.92. The van der Waals surface area contributed by atoms with Gasteiger partial charge in [0, 0.05) is 55.3 Å². The number of fused-ring (bicyclic) bond motifs is 1. The molecule has 0 bridgehead atoms. The summed E-state index contributed by atoms with van der Waals surface area (Å²) in [5, 5.41) is 11.7. The van der Waals surface area contributed by atoms with Crippen LogP contribution in [0.2, 0.25) is 5.02 Å². The van der Waals surface area contributed by atoms with E-state index in [1.54, 1.807) is 29.2 Å². The molecule has 1 aliphatic heterocycles. The number of amides is 1. The zero-order valence-electron chi connectivity index (χ0n) is 19.0. The number of aliphatic hydroxyl groups excluding tert-OH is 1. The van der Waals surface area contributed by atoms with Crippen LogP contribution in [0.1, 0.15) is 17.3 Å². The van der Waals surface area contributed by atoms with Gasteiger partial charge in [-0.3, -0.25) is 9.69 Å². The standard InChI is InChI=1S/C24H26ClF2N5O2/c1-3-31(21-12-32(13-22(21)33)24(34)15-4-6-16(25)7-5-15)9-8-30(2)23-17-10-18(26)19(27)11-20(17)28-14-29-23/h4-7,10-11,14,21-22,33H,3,8-9,12-13H2,1-2H3/t21-,22-/m1/s1. The number of aromatic nitrogens is 2. The smallest absolute Gasteiger partial charge is 0.253 e. The molecule has 1 N–H and O–H groups in total. The first-order valence-corrected chi connectivity index (χ1v) is 11.4. The summed E-state index contributed by atoms with van der Waals surface area (Å²) < 4.78 is 27.4. The Labute approximate surface area is 201 Å². The van der Waals surface area contributed by atoms with Crippen LogP contribution in [0.5, 0.6) is 0 Å². The minimum atomic E-state index is -0.954. The van der Waals surface area contributed by atoms with Crippen LogP contribution >= 0.6 is 11.6 Å². The van der Waals surface area contributed by atoms with E-state index in [2.05, 4.69) is 14.9 Å². The second kappa shape index (κ2) is 10.2. The average Bonchev–Trinajstić information content (AvgIpc) is 3.21. The van der Waals surface area contributed by atoms with Crippen molar-refractivity contribution >= 4 is 34.2 Å². The molecule has 3 aromatic rings. The molecule has 2 aromatic carbocycles. The molecule has 0 unspecified atom stereocenters. The van der Waals surface area contributed by atoms with Crippen LogP contribution in [0.3, 0.4) is 0 Å². The third kappa shape index (κ3) is 4.96. The lowest BCUT2D eigenvalue weighted by atomic mass is 10.1. The van der Waals surface area contributed by atoms with Crippen molar-refractivity contribution < 1.29 is 18.7 Å². The molecule has 7 nitrogen and oxygen atoms in total. The highest BCUT2D eigenvalue weighted by atomic mass is 35.5. The van der Waals surface area contributed by atoms with Crippen LogP contribution in [0, 0.1) is 11.6 Å². The number of carbonyl (C=O) groups is 1. The lowest BCUT2D eigenvalue weighted by Crippen LogP contribution is -2.46. The summed E-state index contributed by atoms with van der Waals surface area (Å²) in [6.07, 6.45) is 0.642.